The van der Waals surface area contributed by atoms with Crippen molar-refractivity contribution in [2.45, 2.75) is 18.9 Å². The minimum atomic E-state index is -0.258. The molecule has 1 fully saturated rings. The molecule has 0 saturated carbocycles. The normalized spacial score (nSPS) is 16.7. The summed E-state index contributed by atoms with van der Waals surface area (Å²) in [7, 11) is 0. The Morgan fingerprint density at radius 3 is 3.04 bits per heavy atom. The zero-order chi connectivity index (χ0) is 17.4. The summed E-state index contributed by atoms with van der Waals surface area (Å²) in [6.45, 7) is 3.78. The lowest BCUT2D eigenvalue weighted by atomic mass is 9.89. The maximum absolute atomic E-state index is 9.28. The van der Waals surface area contributed by atoms with E-state index >= 15 is 0 Å². The van der Waals surface area contributed by atoms with E-state index in [1.165, 1.54) is 0 Å². The summed E-state index contributed by atoms with van der Waals surface area (Å²) in [5.41, 5.74) is 2.40. The van der Waals surface area contributed by atoms with Crippen LogP contribution >= 0.6 is 23.5 Å². The second-order valence-electron chi connectivity index (χ2n) is 6.17. The van der Waals surface area contributed by atoms with E-state index in [4.69, 9.17) is 11.6 Å². The van der Waals surface area contributed by atoms with Gasteiger partial charge >= 0.3 is 0 Å². The van der Waals surface area contributed by atoms with E-state index in [2.05, 4.69) is 32.4 Å². The first-order valence-corrected chi connectivity index (χ1v) is 9.41. The van der Waals surface area contributed by atoms with Crippen molar-refractivity contribution in [2.24, 2.45) is 0 Å². The predicted molar refractivity (Wildman–Crippen MR) is 100 cm³/mol. The Kier molecular flexibility index (Phi) is 4.20. The third-order valence-electron chi connectivity index (χ3n) is 4.56. The van der Waals surface area contributed by atoms with Crippen molar-refractivity contribution in [3.63, 3.8) is 0 Å². The zero-order valence-corrected chi connectivity index (χ0v) is 15.3. The van der Waals surface area contributed by atoms with Crippen molar-refractivity contribution in [1.29, 1.82) is 5.26 Å². The van der Waals surface area contributed by atoms with Crippen LogP contribution in [0.15, 0.2) is 30.9 Å². The van der Waals surface area contributed by atoms with E-state index in [0.29, 0.717) is 11.4 Å². The fourth-order valence-electron chi connectivity index (χ4n) is 3.36. The Labute approximate surface area is 154 Å². The number of rotatable bonds is 5. The summed E-state index contributed by atoms with van der Waals surface area (Å²) < 4.78 is 4.22. The van der Waals surface area contributed by atoms with Crippen LogP contribution in [0.2, 0.25) is 5.02 Å². The largest absolute Gasteiger partial charge is 0.346 e. The Morgan fingerprint density at radius 2 is 2.28 bits per heavy atom. The SMILES string of the molecule is CCSN1CC(CC#N)(n2cc(-c3c(Cl)cnc4[nH]ccc34)cn2)C1. The summed E-state index contributed by atoms with van der Waals surface area (Å²) in [4.78, 5) is 7.41. The van der Waals surface area contributed by atoms with E-state index in [9.17, 15) is 5.26 Å². The first-order valence-electron chi connectivity index (χ1n) is 8.09. The molecule has 4 rings (SSSR count). The first-order chi connectivity index (χ1) is 12.2. The third-order valence-corrected chi connectivity index (χ3v) is 5.73. The topological polar surface area (TPSA) is 73.5 Å². The van der Waals surface area contributed by atoms with Crippen LogP contribution in [0.4, 0.5) is 0 Å². The molecule has 25 heavy (non-hydrogen) atoms. The Hall–Kier alpha value is -2.01. The molecule has 0 unspecified atom stereocenters. The van der Waals surface area contributed by atoms with Gasteiger partial charge in [-0.1, -0.05) is 30.5 Å². The molecule has 0 spiro atoms. The maximum atomic E-state index is 9.28. The number of nitrogens with one attached hydrogen (secondary N) is 1. The molecule has 1 aliphatic rings. The number of nitrogens with zero attached hydrogens (tertiary/aromatic N) is 5. The Balaban J connectivity index is 1.71. The second-order valence-corrected chi connectivity index (χ2v) is 7.93. The van der Waals surface area contributed by atoms with Crippen LogP contribution in [0.1, 0.15) is 13.3 Å². The minimum Gasteiger partial charge on any atom is -0.346 e. The highest BCUT2D eigenvalue weighted by Crippen LogP contribution is 2.39. The number of fused-ring (bicyclic) bond motifs is 1. The molecule has 0 bridgehead atoms. The fraction of sp³-hybridized carbons (Fsp3) is 0.353. The molecule has 0 aromatic carbocycles. The maximum Gasteiger partial charge on any atom is 0.137 e. The quantitative estimate of drug-likeness (QED) is 0.691. The van der Waals surface area contributed by atoms with Gasteiger partial charge in [-0.2, -0.15) is 10.4 Å². The van der Waals surface area contributed by atoms with E-state index < -0.39 is 0 Å². The van der Waals surface area contributed by atoms with Crippen LogP contribution in [-0.4, -0.2) is 42.9 Å². The van der Waals surface area contributed by atoms with Gasteiger partial charge in [0.15, 0.2) is 0 Å². The average Bonchev–Trinajstić information content (AvgIpc) is 3.22. The second kappa shape index (κ2) is 6.37. The van der Waals surface area contributed by atoms with Gasteiger partial charge in [0, 0.05) is 53.9 Å². The van der Waals surface area contributed by atoms with Crippen LogP contribution in [0, 0.1) is 11.3 Å². The molecule has 0 radical (unpaired) electrons. The van der Waals surface area contributed by atoms with Crippen molar-refractivity contribution < 1.29 is 0 Å². The van der Waals surface area contributed by atoms with Gasteiger partial charge in [-0.15, -0.1) is 0 Å². The molecule has 3 aromatic heterocycles. The van der Waals surface area contributed by atoms with Crippen molar-refractivity contribution in [2.75, 3.05) is 18.8 Å². The zero-order valence-electron chi connectivity index (χ0n) is 13.7. The summed E-state index contributed by atoms with van der Waals surface area (Å²) >= 11 is 8.21. The van der Waals surface area contributed by atoms with E-state index in [1.54, 1.807) is 18.1 Å². The molecule has 1 saturated heterocycles. The molecular weight excluding hydrogens is 356 g/mol. The molecule has 0 atom stereocenters. The number of aromatic nitrogens is 4. The monoisotopic (exact) mass is 372 g/mol. The van der Waals surface area contributed by atoms with Gasteiger partial charge in [0.1, 0.15) is 11.2 Å². The van der Waals surface area contributed by atoms with Crippen molar-refractivity contribution in [1.82, 2.24) is 24.1 Å². The average molecular weight is 373 g/mol. The van der Waals surface area contributed by atoms with Crippen LogP contribution in [0.5, 0.6) is 0 Å². The smallest absolute Gasteiger partial charge is 0.137 e. The summed E-state index contributed by atoms with van der Waals surface area (Å²) in [6.07, 6.45) is 7.77. The molecule has 4 heterocycles. The summed E-state index contributed by atoms with van der Waals surface area (Å²) in [5.74, 6) is 1.03. The minimum absolute atomic E-state index is 0.258. The number of halogens is 1. The highest BCUT2D eigenvalue weighted by molar-refractivity contribution is 7.97. The summed E-state index contributed by atoms with van der Waals surface area (Å²) in [5, 5.41) is 15.4. The number of H-pyrrole nitrogens is 1. The van der Waals surface area contributed by atoms with Gasteiger partial charge in [0.2, 0.25) is 0 Å². The molecule has 8 heteroatoms. The van der Waals surface area contributed by atoms with Crippen LogP contribution < -0.4 is 0 Å². The molecule has 0 aliphatic carbocycles. The van der Waals surface area contributed by atoms with Crippen LogP contribution in [-0.2, 0) is 5.54 Å². The lowest BCUT2D eigenvalue weighted by Crippen LogP contribution is -2.60. The highest BCUT2D eigenvalue weighted by Gasteiger charge is 2.45. The van der Waals surface area contributed by atoms with Crippen molar-refractivity contribution >= 4 is 34.6 Å². The molecule has 1 N–H and O–H groups in total. The van der Waals surface area contributed by atoms with Crippen LogP contribution in [0.25, 0.3) is 22.2 Å². The molecule has 3 aromatic rings. The van der Waals surface area contributed by atoms with Gasteiger partial charge < -0.3 is 4.98 Å². The highest BCUT2D eigenvalue weighted by atomic mass is 35.5. The fourth-order valence-corrected chi connectivity index (χ4v) is 4.65. The number of pyridine rings is 1. The van der Waals surface area contributed by atoms with E-state index in [1.807, 2.05) is 29.3 Å². The van der Waals surface area contributed by atoms with Gasteiger partial charge in [0.05, 0.1) is 23.7 Å². The molecule has 6 nitrogen and oxygen atoms in total. The third kappa shape index (κ3) is 2.71. The lowest BCUT2D eigenvalue weighted by Gasteiger charge is -2.48. The standard InChI is InChI=1S/C17H17ClN6S/c1-2-25-23-10-17(11-23,4-5-19)24-9-12(7-22-24)15-13-3-6-20-16(13)21-8-14(15)18/h3,6-9H,2,4,10-11H2,1H3,(H,20,21). The summed E-state index contributed by atoms with van der Waals surface area (Å²) in [6, 6.07) is 4.29. The molecule has 128 valence electrons. The molecule has 1 aliphatic heterocycles. The lowest BCUT2D eigenvalue weighted by molar-refractivity contribution is 0.0812. The van der Waals surface area contributed by atoms with Gasteiger partial charge in [-0.3, -0.25) is 4.68 Å². The molecular formula is C17H17ClN6S. The van der Waals surface area contributed by atoms with Crippen LogP contribution in [0.3, 0.4) is 0 Å². The predicted octanol–water partition coefficient (Wildman–Crippen LogP) is 3.67. The number of hydrogen-bond donors (Lipinski definition) is 1. The van der Waals surface area contributed by atoms with Crippen molar-refractivity contribution in [3.05, 3.63) is 35.9 Å². The number of nitriles is 1. The first kappa shape index (κ1) is 16.5. The van der Waals surface area contributed by atoms with E-state index in [-0.39, 0.29) is 5.54 Å². The van der Waals surface area contributed by atoms with Crippen molar-refractivity contribution in [3.8, 4) is 17.2 Å². The molecule has 0 amide bonds. The van der Waals surface area contributed by atoms with Gasteiger partial charge in [-0.05, 0) is 6.07 Å². The number of aromatic amines is 1. The number of hydrogen-bond acceptors (Lipinski definition) is 5. The Bertz CT molecular complexity index is 950. The Morgan fingerprint density at radius 1 is 1.44 bits per heavy atom. The van der Waals surface area contributed by atoms with Gasteiger partial charge in [-0.25, -0.2) is 9.29 Å². The van der Waals surface area contributed by atoms with Gasteiger partial charge in [0.25, 0.3) is 0 Å². The van der Waals surface area contributed by atoms with E-state index in [0.717, 1.165) is 41.0 Å².